The number of methoxy groups -OCH3 is 1. The number of carbonyl (C=O) groups excluding carboxylic acids is 2. The Morgan fingerprint density at radius 1 is 1.18 bits per heavy atom. The first-order valence-electron chi connectivity index (χ1n) is 6.17. The third kappa shape index (κ3) is 4.23. The molecule has 0 atom stereocenters. The van der Waals surface area contributed by atoms with Gasteiger partial charge in [0, 0.05) is 18.1 Å². The highest BCUT2D eigenvalue weighted by Crippen LogP contribution is 2.10. The number of anilines is 1. The van der Waals surface area contributed by atoms with Crippen LogP contribution >= 0.6 is 0 Å². The van der Waals surface area contributed by atoms with E-state index in [1.165, 1.54) is 43.8 Å². The van der Waals surface area contributed by atoms with Crippen molar-refractivity contribution in [2.75, 3.05) is 19.0 Å². The highest BCUT2D eigenvalue weighted by Gasteiger charge is 2.09. The Bertz CT molecular complexity index is 659. The molecule has 0 bridgehead atoms. The van der Waals surface area contributed by atoms with E-state index in [0.29, 0.717) is 5.69 Å². The second-order valence-corrected chi connectivity index (χ2v) is 4.08. The minimum atomic E-state index is -0.568. The van der Waals surface area contributed by atoms with E-state index in [1.807, 2.05) is 0 Å². The first-order valence-corrected chi connectivity index (χ1v) is 6.17. The summed E-state index contributed by atoms with van der Waals surface area (Å²) in [5, 5.41) is 2.56. The number of aromatic nitrogens is 2. The van der Waals surface area contributed by atoms with Crippen LogP contribution in [0.4, 0.5) is 10.1 Å². The smallest absolute Gasteiger partial charge is 0.344 e. The number of nitrogens with zero attached hydrogens (tertiary/aromatic N) is 2. The molecule has 0 aliphatic rings. The van der Waals surface area contributed by atoms with Crippen LogP contribution in [0.25, 0.3) is 0 Å². The number of halogens is 1. The Kier molecular flexibility index (Phi) is 4.97. The molecule has 1 aromatic heterocycles. The fourth-order valence-electron chi connectivity index (χ4n) is 1.43. The Hall–Kier alpha value is -3.03. The molecule has 0 saturated heterocycles. The zero-order valence-electron chi connectivity index (χ0n) is 11.6. The average molecular weight is 305 g/mol. The largest absolute Gasteiger partial charge is 0.466 e. The van der Waals surface area contributed by atoms with E-state index in [9.17, 15) is 14.0 Å². The van der Waals surface area contributed by atoms with E-state index in [1.54, 1.807) is 0 Å². The molecule has 0 unspecified atom stereocenters. The van der Waals surface area contributed by atoms with Crippen LogP contribution in [-0.4, -0.2) is 35.6 Å². The summed E-state index contributed by atoms with van der Waals surface area (Å²) < 4.78 is 22.1. The summed E-state index contributed by atoms with van der Waals surface area (Å²) in [6, 6.07) is 5.28. The lowest BCUT2D eigenvalue weighted by atomic mass is 10.2. The predicted octanol–water partition coefficient (Wildman–Crippen LogP) is 1.42. The van der Waals surface area contributed by atoms with Crippen LogP contribution in [0, 0.1) is 5.82 Å². The number of rotatable bonds is 5. The van der Waals surface area contributed by atoms with Crippen molar-refractivity contribution in [3.05, 3.63) is 48.0 Å². The van der Waals surface area contributed by atoms with Crippen molar-refractivity contribution >= 4 is 17.6 Å². The number of nitrogens with one attached hydrogen (secondary N) is 1. The predicted molar refractivity (Wildman–Crippen MR) is 73.9 cm³/mol. The summed E-state index contributed by atoms with van der Waals surface area (Å²) in [4.78, 5) is 30.4. The van der Waals surface area contributed by atoms with Gasteiger partial charge < -0.3 is 14.8 Å². The van der Waals surface area contributed by atoms with Gasteiger partial charge in [-0.1, -0.05) is 0 Å². The quantitative estimate of drug-likeness (QED) is 0.840. The van der Waals surface area contributed by atoms with Crippen LogP contribution in [0.5, 0.6) is 6.01 Å². The molecule has 1 heterocycles. The van der Waals surface area contributed by atoms with Crippen LogP contribution in [0.1, 0.15) is 10.4 Å². The van der Waals surface area contributed by atoms with Crippen LogP contribution < -0.4 is 10.1 Å². The summed E-state index contributed by atoms with van der Waals surface area (Å²) in [6.07, 6.45) is 2.50. The van der Waals surface area contributed by atoms with Crippen LogP contribution in [-0.2, 0) is 9.53 Å². The van der Waals surface area contributed by atoms with Crippen LogP contribution in [0.15, 0.2) is 36.7 Å². The van der Waals surface area contributed by atoms with E-state index in [0.717, 1.165) is 0 Å². The lowest BCUT2D eigenvalue weighted by Gasteiger charge is -2.06. The fraction of sp³-hybridized carbons (Fsp3) is 0.143. The lowest BCUT2D eigenvalue weighted by molar-refractivity contribution is -0.143. The number of esters is 1. The Morgan fingerprint density at radius 3 is 2.41 bits per heavy atom. The molecule has 7 nitrogen and oxygen atoms in total. The number of ether oxygens (including phenoxy) is 2. The molecule has 1 N–H and O–H groups in total. The third-order valence-electron chi connectivity index (χ3n) is 2.54. The van der Waals surface area contributed by atoms with E-state index < -0.39 is 17.7 Å². The molecule has 2 rings (SSSR count). The topological polar surface area (TPSA) is 90.4 Å². The average Bonchev–Trinajstić information content (AvgIpc) is 2.55. The van der Waals surface area contributed by atoms with Gasteiger partial charge in [0.05, 0.1) is 12.7 Å². The number of carbonyl (C=O) groups is 2. The van der Waals surface area contributed by atoms with Gasteiger partial charge in [-0.3, -0.25) is 4.79 Å². The number of benzene rings is 1. The highest BCUT2D eigenvalue weighted by molar-refractivity contribution is 6.03. The van der Waals surface area contributed by atoms with Crippen molar-refractivity contribution in [3.8, 4) is 6.01 Å². The van der Waals surface area contributed by atoms with Gasteiger partial charge >= 0.3 is 12.0 Å². The summed E-state index contributed by atoms with van der Waals surface area (Å²) >= 11 is 0. The fourth-order valence-corrected chi connectivity index (χ4v) is 1.43. The van der Waals surface area contributed by atoms with Gasteiger partial charge in [-0.2, -0.15) is 0 Å². The van der Waals surface area contributed by atoms with Crippen molar-refractivity contribution in [1.82, 2.24) is 9.97 Å². The highest BCUT2D eigenvalue weighted by atomic mass is 19.1. The van der Waals surface area contributed by atoms with Gasteiger partial charge in [-0.05, 0) is 24.3 Å². The van der Waals surface area contributed by atoms with Gasteiger partial charge in [0.25, 0.3) is 5.91 Å². The van der Waals surface area contributed by atoms with E-state index in [2.05, 4.69) is 20.0 Å². The maximum absolute atomic E-state index is 12.8. The molecule has 0 aliphatic heterocycles. The molecular formula is C14H12FN3O4. The molecule has 2 aromatic rings. The van der Waals surface area contributed by atoms with E-state index >= 15 is 0 Å². The Morgan fingerprint density at radius 2 is 1.82 bits per heavy atom. The standard InChI is InChI=1S/C14H12FN3O4/c1-21-12(19)8-22-14-16-6-9(7-17-14)13(20)18-11-4-2-10(15)3-5-11/h2-7H,8H2,1H3,(H,18,20). The van der Waals surface area contributed by atoms with Crippen molar-refractivity contribution in [2.24, 2.45) is 0 Å². The molecule has 0 fully saturated rings. The minimum Gasteiger partial charge on any atom is -0.466 e. The third-order valence-corrected chi connectivity index (χ3v) is 2.54. The first kappa shape index (κ1) is 15.4. The second kappa shape index (κ2) is 7.11. The molecule has 1 aromatic carbocycles. The van der Waals surface area contributed by atoms with Crippen molar-refractivity contribution < 1.29 is 23.5 Å². The molecular weight excluding hydrogens is 293 g/mol. The summed E-state index contributed by atoms with van der Waals surface area (Å²) in [7, 11) is 1.23. The second-order valence-electron chi connectivity index (χ2n) is 4.08. The summed E-state index contributed by atoms with van der Waals surface area (Å²) in [6.45, 7) is -0.322. The zero-order chi connectivity index (χ0) is 15.9. The molecule has 0 saturated carbocycles. The summed E-state index contributed by atoms with van der Waals surface area (Å²) in [5.41, 5.74) is 0.632. The van der Waals surface area contributed by atoms with E-state index in [-0.39, 0.29) is 18.2 Å². The molecule has 1 amide bonds. The lowest BCUT2D eigenvalue weighted by Crippen LogP contribution is -2.15. The summed E-state index contributed by atoms with van der Waals surface area (Å²) in [5.74, 6) is -1.42. The molecule has 8 heteroatoms. The Labute approximate surface area is 125 Å². The first-order chi connectivity index (χ1) is 10.6. The SMILES string of the molecule is COC(=O)COc1ncc(C(=O)Nc2ccc(F)cc2)cn1. The van der Waals surface area contributed by atoms with Gasteiger partial charge in [-0.15, -0.1) is 0 Å². The van der Waals surface area contributed by atoms with Crippen molar-refractivity contribution in [2.45, 2.75) is 0 Å². The van der Waals surface area contributed by atoms with Crippen molar-refractivity contribution in [3.63, 3.8) is 0 Å². The maximum Gasteiger partial charge on any atom is 0.344 e. The molecule has 0 aliphatic carbocycles. The monoisotopic (exact) mass is 305 g/mol. The number of hydrogen-bond donors (Lipinski definition) is 1. The van der Waals surface area contributed by atoms with Crippen molar-refractivity contribution in [1.29, 1.82) is 0 Å². The molecule has 22 heavy (non-hydrogen) atoms. The van der Waals surface area contributed by atoms with Gasteiger partial charge in [-0.25, -0.2) is 19.2 Å². The Balaban J connectivity index is 1.96. The molecule has 0 radical (unpaired) electrons. The van der Waals surface area contributed by atoms with E-state index in [4.69, 9.17) is 4.74 Å². The van der Waals surface area contributed by atoms with Crippen LogP contribution in [0.2, 0.25) is 0 Å². The minimum absolute atomic E-state index is 0.0521. The zero-order valence-corrected chi connectivity index (χ0v) is 11.6. The van der Waals surface area contributed by atoms with Gasteiger partial charge in [0.15, 0.2) is 6.61 Å². The normalized spacial score (nSPS) is 9.91. The van der Waals surface area contributed by atoms with Gasteiger partial charge in [0.2, 0.25) is 0 Å². The maximum atomic E-state index is 12.8. The molecule has 114 valence electrons. The van der Waals surface area contributed by atoms with Gasteiger partial charge in [0.1, 0.15) is 5.82 Å². The molecule has 0 spiro atoms. The number of hydrogen-bond acceptors (Lipinski definition) is 6. The number of amides is 1. The van der Waals surface area contributed by atoms with Crippen LogP contribution in [0.3, 0.4) is 0 Å².